The average molecular weight is 269 g/mol. The van der Waals surface area contributed by atoms with Crippen LogP contribution in [0.3, 0.4) is 0 Å². The van der Waals surface area contributed by atoms with E-state index in [1.165, 1.54) is 0 Å². The van der Waals surface area contributed by atoms with Gasteiger partial charge in [-0.25, -0.2) is 4.98 Å². The summed E-state index contributed by atoms with van der Waals surface area (Å²) in [6, 6.07) is 10.2. The molecule has 4 nitrogen and oxygen atoms in total. The Kier molecular flexibility index (Phi) is 4.41. The van der Waals surface area contributed by atoms with Crippen molar-refractivity contribution in [2.24, 2.45) is 5.92 Å². The molecule has 1 unspecified atom stereocenters. The number of pyridine rings is 1. The fraction of sp³-hybridized carbons (Fsp3) is 0.375. The van der Waals surface area contributed by atoms with E-state index in [2.05, 4.69) is 22.9 Å². The molecule has 104 valence electrons. The van der Waals surface area contributed by atoms with Gasteiger partial charge in [0, 0.05) is 24.7 Å². The summed E-state index contributed by atoms with van der Waals surface area (Å²) < 4.78 is 5.29. The maximum atomic E-state index is 9.00. The fourth-order valence-corrected chi connectivity index (χ4v) is 2.25. The number of benzene rings is 1. The molecule has 0 aliphatic heterocycles. The van der Waals surface area contributed by atoms with Crippen LogP contribution in [0.2, 0.25) is 0 Å². The molecule has 0 aliphatic rings. The smallest absolute Gasteiger partial charge is 0.136 e. The molecular weight excluding hydrogens is 250 g/mol. The van der Waals surface area contributed by atoms with E-state index in [1.807, 2.05) is 37.4 Å². The van der Waals surface area contributed by atoms with E-state index in [9.17, 15) is 0 Å². The molecule has 0 bridgehead atoms. The molecule has 0 saturated carbocycles. The molecule has 2 rings (SSSR count). The number of ether oxygens (including phenoxy) is 1. The van der Waals surface area contributed by atoms with Crippen LogP contribution in [0.25, 0.3) is 10.8 Å². The van der Waals surface area contributed by atoms with E-state index in [-0.39, 0.29) is 5.92 Å². The van der Waals surface area contributed by atoms with Crippen LogP contribution >= 0.6 is 0 Å². The van der Waals surface area contributed by atoms with Gasteiger partial charge >= 0.3 is 0 Å². The number of anilines is 1. The zero-order valence-electron chi connectivity index (χ0n) is 12.1. The first-order valence-corrected chi connectivity index (χ1v) is 6.77. The van der Waals surface area contributed by atoms with Crippen LogP contribution in [0.4, 0.5) is 5.82 Å². The summed E-state index contributed by atoms with van der Waals surface area (Å²) in [6.07, 6.45) is 1.81. The number of aromatic nitrogens is 1. The van der Waals surface area contributed by atoms with Gasteiger partial charge in [-0.1, -0.05) is 6.07 Å². The summed E-state index contributed by atoms with van der Waals surface area (Å²) in [5.74, 6) is 1.69. The van der Waals surface area contributed by atoms with Crippen molar-refractivity contribution in [1.29, 1.82) is 5.26 Å². The summed E-state index contributed by atoms with van der Waals surface area (Å²) in [6.45, 7) is 5.49. The molecule has 0 amide bonds. The van der Waals surface area contributed by atoms with Crippen molar-refractivity contribution in [3.05, 3.63) is 30.5 Å². The number of hydrogen-bond donors (Lipinski definition) is 0. The molecule has 0 fully saturated rings. The first-order chi connectivity index (χ1) is 9.69. The van der Waals surface area contributed by atoms with Crippen LogP contribution in [0, 0.1) is 17.2 Å². The van der Waals surface area contributed by atoms with Gasteiger partial charge in [0.25, 0.3) is 0 Å². The number of rotatable bonds is 5. The Hall–Kier alpha value is -2.28. The minimum absolute atomic E-state index is 0.0300. The molecule has 0 aliphatic carbocycles. The molecule has 0 N–H and O–H groups in total. The zero-order valence-corrected chi connectivity index (χ0v) is 12.1. The van der Waals surface area contributed by atoms with Gasteiger partial charge in [0.15, 0.2) is 0 Å². The van der Waals surface area contributed by atoms with Crippen molar-refractivity contribution in [2.75, 3.05) is 25.1 Å². The first kappa shape index (κ1) is 14.1. The highest BCUT2D eigenvalue weighted by molar-refractivity contribution is 5.93. The van der Waals surface area contributed by atoms with Crippen molar-refractivity contribution in [3.8, 4) is 11.8 Å². The summed E-state index contributed by atoms with van der Waals surface area (Å²) in [7, 11) is 1.66. The first-order valence-electron chi connectivity index (χ1n) is 6.77. The Bertz CT molecular complexity index is 633. The van der Waals surface area contributed by atoms with Crippen molar-refractivity contribution in [2.45, 2.75) is 13.8 Å². The van der Waals surface area contributed by atoms with Gasteiger partial charge in [-0.15, -0.1) is 0 Å². The summed E-state index contributed by atoms with van der Waals surface area (Å²) >= 11 is 0. The Morgan fingerprint density at radius 3 is 2.85 bits per heavy atom. The zero-order chi connectivity index (χ0) is 14.5. The van der Waals surface area contributed by atoms with E-state index < -0.39 is 0 Å². The van der Waals surface area contributed by atoms with E-state index in [0.717, 1.165) is 28.9 Å². The third-order valence-electron chi connectivity index (χ3n) is 3.35. The summed E-state index contributed by atoms with van der Waals surface area (Å²) in [5.41, 5.74) is 0. The Labute approximate surface area is 119 Å². The normalized spacial score (nSPS) is 11.9. The Balaban J connectivity index is 2.48. The molecule has 0 radical (unpaired) electrons. The predicted octanol–water partition coefficient (Wildman–Crippen LogP) is 3.23. The molecule has 0 saturated heterocycles. The fourth-order valence-electron chi connectivity index (χ4n) is 2.25. The van der Waals surface area contributed by atoms with Gasteiger partial charge in [0.2, 0.25) is 0 Å². The topological polar surface area (TPSA) is 49.2 Å². The van der Waals surface area contributed by atoms with Gasteiger partial charge in [-0.05, 0) is 37.4 Å². The highest BCUT2D eigenvalue weighted by Gasteiger charge is 2.13. The highest BCUT2D eigenvalue weighted by Crippen LogP contribution is 2.28. The molecular formula is C16H19N3O. The number of methoxy groups -OCH3 is 1. The molecule has 2 aromatic rings. The lowest BCUT2D eigenvalue weighted by Gasteiger charge is -2.24. The second-order valence-electron chi connectivity index (χ2n) is 4.79. The van der Waals surface area contributed by atoms with E-state index in [4.69, 9.17) is 10.00 Å². The number of hydrogen-bond acceptors (Lipinski definition) is 4. The van der Waals surface area contributed by atoms with Crippen LogP contribution in [0.5, 0.6) is 5.75 Å². The van der Waals surface area contributed by atoms with Gasteiger partial charge < -0.3 is 9.64 Å². The Morgan fingerprint density at radius 2 is 2.20 bits per heavy atom. The number of nitrogens with zero attached hydrogens (tertiary/aromatic N) is 3. The van der Waals surface area contributed by atoms with Crippen LogP contribution in [-0.4, -0.2) is 25.2 Å². The van der Waals surface area contributed by atoms with Gasteiger partial charge in [-0.2, -0.15) is 5.26 Å². The lowest BCUT2D eigenvalue weighted by atomic mass is 10.1. The SMILES string of the molecule is CCN(CC(C)C#N)c1nccc2ccc(OC)cc12. The van der Waals surface area contributed by atoms with Gasteiger partial charge in [0.05, 0.1) is 19.1 Å². The molecule has 20 heavy (non-hydrogen) atoms. The maximum absolute atomic E-state index is 9.00. The molecule has 1 atom stereocenters. The third kappa shape index (κ3) is 2.83. The summed E-state index contributed by atoms with van der Waals surface area (Å²) in [5, 5.41) is 11.2. The summed E-state index contributed by atoms with van der Waals surface area (Å²) in [4.78, 5) is 6.64. The van der Waals surface area contributed by atoms with Crippen LogP contribution < -0.4 is 9.64 Å². The lowest BCUT2D eigenvalue weighted by Crippen LogP contribution is -2.28. The lowest BCUT2D eigenvalue weighted by molar-refractivity contribution is 0.415. The molecule has 1 aromatic heterocycles. The standard InChI is InChI=1S/C16H19N3O/c1-4-19(11-12(2)10-17)16-15-9-14(20-3)6-5-13(15)7-8-18-16/h5-9,12H,4,11H2,1-3H3. The second-order valence-corrected chi connectivity index (χ2v) is 4.79. The molecule has 1 aromatic carbocycles. The largest absolute Gasteiger partial charge is 0.497 e. The quantitative estimate of drug-likeness (QED) is 0.836. The van der Waals surface area contributed by atoms with E-state index in [1.54, 1.807) is 7.11 Å². The second kappa shape index (κ2) is 6.25. The monoisotopic (exact) mass is 269 g/mol. The number of nitriles is 1. The van der Waals surface area contributed by atoms with Crippen LogP contribution in [0.1, 0.15) is 13.8 Å². The van der Waals surface area contributed by atoms with Crippen LogP contribution in [-0.2, 0) is 0 Å². The van der Waals surface area contributed by atoms with Crippen molar-refractivity contribution < 1.29 is 4.74 Å². The third-order valence-corrected chi connectivity index (χ3v) is 3.35. The van der Waals surface area contributed by atoms with Crippen molar-refractivity contribution in [3.63, 3.8) is 0 Å². The Morgan fingerprint density at radius 1 is 1.40 bits per heavy atom. The molecule has 4 heteroatoms. The highest BCUT2D eigenvalue weighted by atomic mass is 16.5. The van der Waals surface area contributed by atoms with E-state index >= 15 is 0 Å². The average Bonchev–Trinajstić information content (AvgIpc) is 2.51. The molecule has 1 heterocycles. The molecule has 0 spiro atoms. The van der Waals surface area contributed by atoms with Crippen molar-refractivity contribution >= 4 is 16.6 Å². The predicted molar refractivity (Wildman–Crippen MR) is 81.0 cm³/mol. The minimum atomic E-state index is -0.0300. The maximum Gasteiger partial charge on any atom is 0.136 e. The number of fused-ring (bicyclic) bond motifs is 1. The van der Waals surface area contributed by atoms with Gasteiger partial charge in [0.1, 0.15) is 11.6 Å². The van der Waals surface area contributed by atoms with E-state index in [0.29, 0.717) is 6.54 Å². The van der Waals surface area contributed by atoms with Crippen LogP contribution in [0.15, 0.2) is 30.5 Å². The minimum Gasteiger partial charge on any atom is -0.497 e. The van der Waals surface area contributed by atoms with Crippen molar-refractivity contribution in [1.82, 2.24) is 4.98 Å². The van der Waals surface area contributed by atoms with Gasteiger partial charge in [-0.3, -0.25) is 0 Å².